The van der Waals surface area contributed by atoms with Crippen molar-refractivity contribution in [1.29, 1.82) is 0 Å². The quantitative estimate of drug-likeness (QED) is 0.678. The summed E-state index contributed by atoms with van der Waals surface area (Å²) in [5, 5.41) is 8.86. The lowest BCUT2D eigenvalue weighted by molar-refractivity contribution is -0.150. The molecule has 0 aromatic carbocycles. The molecule has 1 rings (SSSR count). The van der Waals surface area contributed by atoms with Gasteiger partial charge in [-0.05, 0) is 6.42 Å². The first-order valence-electron chi connectivity index (χ1n) is 7.06. The van der Waals surface area contributed by atoms with Crippen LogP contribution in [0.5, 0.6) is 0 Å². The molecule has 104 valence electrons. The van der Waals surface area contributed by atoms with Crippen molar-refractivity contribution in [1.82, 2.24) is 4.90 Å². The minimum atomic E-state index is -0.758. The van der Waals surface area contributed by atoms with E-state index in [4.69, 9.17) is 5.11 Å². The number of likely N-dealkylation sites (tertiary alicyclic amines) is 1. The van der Waals surface area contributed by atoms with Crippen LogP contribution < -0.4 is 0 Å². The second kappa shape index (κ2) is 7.39. The van der Waals surface area contributed by atoms with E-state index in [1.807, 2.05) is 0 Å². The van der Waals surface area contributed by atoms with Gasteiger partial charge in [-0.2, -0.15) is 0 Å². The predicted molar refractivity (Wildman–Crippen MR) is 70.2 cm³/mol. The van der Waals surface area contributed by atoms with Gasteiger partial charge in [0.15, 0.2) is 0 Å². The van der Waals surface area contributed by atoms with Gasteiger partial charge in [-0.3, -0.25) is 9.59 Å². The van der Waals surface area contributed by atoms with E-state index in [1.54, 1.807) is 11.8 Å². The minimum absolute atomic E-state index is 0.145. The van der Waals surface area contributed by atoms with Crippen molar-refractivity contribution in [2.24, 2.45) is 11.8 Å². The highest BCUT2D eigenvalue weighted by Crippen LogP contribution is 2.25. The molecule has 1 aliphatic heterocycles. The molecule has 18 heavy (non-hydrogen) atoms. The fourth-order valence-corrected chi connectivity index (χ4v) is 2.27. The molecule has 0 spiro atoms. The molecule has 1 saturated heterocycles. The fraction of sp³-hybridized carbons (Fsp3) is 0.857. The molecule has 1 heterocycles. The Bertz CT molecular complexity index is 285. The molecular formula is C14H25NO3. The number of aliphatic carboxylic acids is 1. The first-order valence-corrected chi connectivity index (χ1v) is 7.06. The summed E-state index contributed by atoms with van der Waals surface area (Å²) in [6, 6.07) is 0. The summed E-state index contributed by atoms with van der Waals surface area (Å²) < 4.78 is 0. The maximum Gasteiger partial charge on any atom is 0.306 e. The van der Waals surface area contributed by atoms with Crippen LogP contribution in [0.3, 0.4) is 0 Å². The van der Waals surface area contributed by atoms with Crippen LogP contribution in [0.15, 0.2) is 0 Å². The molecular weight excluding hydrogens is 230 g/mol. The number of carbonyl (C=O) groups excluding carboxylic acids is 1. The summed E-state index contributed by atoms with van der Waals surface area (Å²) >= 11 is 0. The van der Waals surface area contributed by atoms with Gasteiger partial charge in [-0.15, -0.1) is 0 Å². The van der Waals surface area contributed by atoms with Crippen LogP contribution in [0.4, 0.5) is 0 Å². The van der Waals surface area contributed by atoms with Crippen molar-refractivity contribution in [3.05, 3.63) is 0 Å². The maximum absolute atomic E-state index is 11.8. The molecule has 1 aliphatic rings. The molecule has 1 fully saturated rings. The Morgan fingerprint density at radius 1 is 1.22 bits per heavy atom. The van der Waals surface area contributed by atoms with Gasteiger partial charge in [0, 0.05) is 25.4 Å². The molecule has 0 saturated carbocycles. The zero-order valence-corrected chi connectivity index (χ0v) is 11.5. The van der Waals surface area contributed by atoms with Crippen LogP contribution in [0.2, 0.25) is 0 Å². The summed E-state index contributed by atoms with van der Waals surface area (Å²) in [6.45, 7) is 5.15. The molecule has 4 heteroatoms. The lowest BCUT2D eigenvalue weighted by Gasteiger charge is -2.41. The SMILES string of the molecule is CCCCCCCC(=O)N1CC(C(C)C(=O)O)C1. The van der Waals surface area contributed by atoms with Gasteiger partial charge in [0.25, 0.3) is 0 Å². The second-order valence-electron chi connectivity index (χ2n) is 5.35. The van der Waals surface area contributed by atoms with Gasteiger partial charge in [0.05, 0.1) is 5.92 Å². The number of hydrogen-bond donors (Lipinski definition) is 1. The smallest absolute Gasteiger partial charge is 0.306 e. The normalized spacial score (nSPS) is 17.3. The predicted octanol–water partition coefficient (Wildman–Crippen LogP) is 2.53. The summed E-state index contributed by atoms with van der Waals surface area (Å²) in [7, 11) is 0. The van der Waals surface area contributed by atoms with Gasteiger partial charge in [-0.1, -0.05) is 39.5 Å². The third-order valence-electron chi connectivity index (χ3n) is 3.85. The Labute approximate surface area is 109 Å². The number of carbonyl (C=O) groups is 2. The topological polar surface area (TPSA) is 57.6 Å². The molecule has 0 aromatic rings. The van der Waals surface area contributed by atoms with Crippen molar-refractivity contribution in [3.8, 4) is 0 Å². The number of carboxylic acids is 1. The zero-order valence-electron chi connectivity index (χ0n) is 11.5. The summed E-state index contributed by atoms with van der Waals surface area (Å²) in [5.41, 5.74) is 0. The molecule has 0 aliphatic carbocycles. The fourth-order valence-electron chi connectivity index (χ4n) is 2.27. The maximum atomic E-state index is 11.8. The number of amides is 1. The molecule has 4 nitrogen and oxygen atoms in total. The number of nitrogens with zero attached hydrogens (tertiary/aromatic N) is 1. The highest BCUT2D eigenvalue weighted by atomic mass is 16.4. The highest BCUT2D eigenvalue weighted by molar-refractivity contribution is 5.77. The molecule has 1 N–H and O–H groups in total. The summed E-state index contributed by atoms with van der Waals surface area (Å²) in [4.78, 5) is 24.3. The van der Waals surface area contributed by atoms with Crippen LogP contribution in [0.1, 0.15) is 52.4 Å². The number of rotatable bonds is 8. The lowest BCUT2D eigenvalue weighted by atomic mass is 9.87. The third kappa shape index (κ3) is 4.31. The van der Waals surface area contributed by atoms with E-state index in [0.29, 0.717) is 19.5 Å². The average molecular weight is 255 g/mol. The van der Waals surface area contributed by atoms with Crippen molar-refractivity contribution in [3.63, 3.8) is 0 Å². The van der Waals surface area contributed by atoms with Crippen LogP contribution >= 0.6 is 0 Å². The van der Waals surface area contributed by atoms with Crippen LogP contribution in [0, 0.1) is 11.8 Å². The lowest BCUT2D eigenvalue weighted by Crippen LogP contribution is -2.53. The van der Waals surface area contributed by atoms with E-state index in [-0.39, 0.29) is 17.7 Å². The Morgan fingerprint density at radius 2 is 1.83 bits per heavy atom. The van der Waals surface area contributed by atoms with E-state index in [9.17, 15) is 9.59 Å². The molecule has 0 aromatic heterocycles. The molecule has 1 atom stereocenters. The Balaban J connectivity index is 2.10. The monoisotopic (exact) mass is 255 g/mol. The largest absolute Gasteiger partial charge is 0.481 e. The van der Waals surface area contributed by atoms with Gasteiger partial charge in [0.1, 0.15) is 0 Å². The van der Waals surface area contributed by atoms with E-state index in [2.05, 4.69) is 6.92 Å². The highest BCUT2D eigenvalue weighted by Gasteiger charge is 2.36. The van der Waals surface area contributed by atoms with Gasteiger partial charge >= 0.3 is 5.97 Å². The van der Waals surface area contributed by atoms with Crippen molar-refractivity contribution < 1.29 is 14.7 Å². The Morgan fingerprint density at radius 3 is 2.39 bits per heavy atom. The number of unbranched alkanes of at least 4 members (excludes halogenated alkanes) is 4. The van der Waals surface area contributed by atoms with Gasteiger partial charge in [-0.25, -0.2) is 0 Å². The van der Waals surface area contributed by atoms with E-state index < -0.39 is 5.97 Å². The molecule has 0 bridgehead atoms. The van der Waals surface area contributed by atoms with Crippen molar-refractivity contribution in [2.75, 3.05) is 13.1 Å². The number of carboxylic acid groups (broad SMARTS) is 1. The molecule has 1 amide bonds. The first-order chi connectivity index (χ1) is 8.56. The summed E-state index contributed by atoms with van der Waals surface area (Å²) in [6.07, 6.45) is 6.39. The van der Waals surface area contributed by atoms with E-state index >= 15 is 0 Å². The van der Waals surface area contributed by atoms with Gasteiger partial charge < -0.3 is 10.0 Å². The van der Waals surface area contributed by atoms with Gasteiger partial charge in [0.2, 0.25) is 5.91 Å². The standard InChI is InChI=1S/C14H25NO3/c1-3-4-5-6-7-8-13(16)15-9-12(10-15)11(2)14(17)18/h11-12H,3-10H2,1-2H3,(H,17,18). The first kappa shape index (κ1) is 15.0. The zero-order chi connectivity index (χ0) is 13.5. The van der Waals surface area contributed by atoms with E-state index in [0.717, 1.165) is 12.8 Å². The average Bonchev–Trinajstić information content (AvgIpc) is 2.26. The van der Waals surface area contributed by atoms with Crippen molar-refractivity contribution in [2.45, 2.75) is 52.4 Å². The Kier molecular flexibility index (Phi) is 6.16. The van der Waals surface area contributed by atoms with Crippen LogP contribution in [0.25, 0.3) is 0 Å². The third-order valence-corrected chi connectivity index (χ3v) is 3.85. The van der Waals surface area contributed by atoms with Crippen LogP contribution in [-0.2, 0) is 9.59 Å². The molecule has 0 radical (unpaired) electrons. The van der Waals surface area contributed by atoms with Crippen molar-refractivity contribution >= 4 is 11.9 Å². The Hall–Kier alpha value is -1.06. The second-order valence-corrected chi connectivity index (χ2v) is 5.35. The van der Waals surface area contributed by atoms with Crippen LogP contribution in [-0.4, -0.2) is 35.0 Å². The van der Waals surface area contributed by atoms with E-state index in [1.165, 1.54) is 19.3 Å². The summed E-state index contributed by atoms with van der Waals surface area (Å²) in [5.74, 6) is -0.753. The molecule has 1 unspecified atom stereocenters. The number of hydrogen-bond acceptors (Lipinski definition) is 2. The minimum Gasteiger partial charge on any atom is -0.481 e.